The summed E-state index contributed by atoms with van der Waals surface area (Å²) in [4.78, 5) is 15.7. The van der Waals surface area contributed by atoms with Crippen LogP contribution in [0.1, 0.15) is 10.6 Å². The van der Waals surface area contributed by atoms with Gasteiger partial charge in [-0.1, -0.05) is 0 Å². The van der Waals surface area contributed by atoms with Gasteiger partial charge in [0.25, 0.3) is 0 Å². The van der Waals surface area contributed by atoms with E-state index in [2.05, 4.69) is 4.98 Å². The van der Waals surface area contributed by atoms with E-state index in [1.807, 2.05) is 0 Å². The predicted octanol–water partition coefficient (Wildman–Crippen LogP) is 2.68. The van der Waals surface area contributed by atoms with Crippen LogP contribution in [0.4, 0.5) is 13.2 Å². The molecule has 0 saturated carbocycles. The van der Waals surface area contributed by atoms with Gasteiger partial charge in [0.2, 0.25) is 5.91 Å². The van der Waals surface area contributed by atoms with E-state index in [9.17, 15) is 18.0 Å². The lowest BCUT2D eigenvalue weighted by Gasteiger charge is -2.18. The van der Waals surface area contributed by atoms with Crippen molar-refractivity contribution in [3.8, 4) is 0 Å². The van der Waals surface area contributed by atoms with Gasteiger partial charge in [-0.3, -0.25) is 4.79 Å². The van der Waals surface area contributed by atoms with E-state index in [-0.39, 0.29) is 6.42 Å². The Bertz CT molecular complexity index is 464. The number of halogens is 3. The first-order valence-corrected chi connectivity index (χ1v) is 5.91. The molecule has 1 amide bonds. The van der Waals surface area contributed by atoms with Gasteiger partial charge in [0.1, 0.15) is 6.54 Å². The molecule has 96 valence electrons. The van der Waals surface area contributed by atoms with Crippen LogP contribution < -0.4 is 0 Å². The minimum absolute atomic E-state index is 0.0593. The Morgan fingerprint density at radius 1 is 1.53 bits per heavy atom. The molecule has 0 bridgehead atoms. The molecule has 1 aromatic heterocycles. The molecule has 0 aliphatic carbocycles. The van der Waals surface area contributed by atoms with Gasteiger partial charge >= 0.3 is 6.18 Å². The average Bonchev–Trinajstić information content (AvgIpc) is 2.42. The second-order valence-corrected chi connectivity index (χ2v) is 5.38. The van der Waals surface area contributed by atoms with Gasteiger partial charge < -0.3 is 9.88 Å². The van der Waals surface area contributed by atoms with Gasteiger partial charge in [-0.25, -0.2) is 0 Å². The lowest BCUT2D eigenvalue weighted by molar-refractivity contribution is -0.157. The molecule has 0 aliphatic rings. The van der Waals surface area contributed by atoms with Crippen LogP contribution in [-0.4, -0.2) is 35.6 Å². The van der Waals surface area contributed by atoms with Crippen molar-refractivity contribution < 1.29 is 18.0 Å². The Kier molecular flexibility index (Phi) is 4.31. The van der Waals surface area contributed by atoms with Gasteiger partial charge in [0.05, 0.1) is 6.42 Å². The van der Waals surface area contributed by atoms with E-state index in [1.165, 1.54) is 11.3 Å². The normalized spacial score (nSPS) is 11.6. The van der Waals surface area contributed by atoms with Crippen molar-refractivity contribution in [3.63, 3.8) is 0 Å². The monoisotopic (exact) mass is 284 g/mol. The molecule has 8 heteroatoms. The fraction of sp³-hybridized carbons (Fsp3) is 0.556. The molecular formula is C9H11F3N2OS2. The van der Waals surface area contributed by atoms with Crippen LogP contribution in [0.3, 0.4) is 0 Å². The number of aryl methyl sites for hydroxylation is 1. The summed E-state index contributed by atoms with van der Waals surface area (Å²) in [5, 5.41) is 0. The van der Waals surface area contributed by atoms with Crippen LogP contribution >= 0.6 is 23.6 Å². The largest absolute Gasteiger partial charge is 0.406 e. The van der Waals surface area contributed by atoms with E-state index >= 15 is 0 Å². The van der Waals surface area contributed by atoms with Crippen LogP contribution in [0.2, 0.25) is 0 Å². The topological polar surface area (TPSA) is 36.1 Å². The molecule has 0 aliphatic heterocycles. The molecule has 0 saturated heterocycles. The SMILES string of the molecule is Cc1[nH]c(=S)sc1CC(=O)N(C)CC(F)(F)F. The van der Waals surface area contributed by atoms with Crippen molar-refractivity contribution in [3.05, 3.63) is 14.5 Å². The minimum atomic E-state index is -4.37. The molecular weight excluding hydrogens is 273 g/mol. The number of amides is 1. The first kappa shape index (κ1) is 14.2. The number of nitrogens with zero attached hydrogens (tertiary/aromatic N) is 1. The fourth-order valence-corrected chi connectivity index (χ4v) is 2.52. The maximum atomic E-state index is 12.1. The number of H-pyrrole nitrogens is 1. The Balaban J connectivity index is 2.67. The molecule has 1 N–H and O–H groups in total. The third kappa shape index (κ3) is 4.47. The van der Waals surface area contributed by atoms with Gasteiger partial charge in [-0.2, -0.15) is 13.2 Å². The number of carbonyl (C=O) groups excluding carboxylic acids is 1. The third-order valence-electron chi connectivity index (χ3n) is 2.08. The second kappa shape index (κ2) is 5.18. The van der Waals surface area contributed by atoms with Crippen molar-refractivity contribution in [2.75, 3.05) is 13.6 Å². The molecule has 1 rings (SSSR count). The highest BCUT2D eigenvalue weighted by Gasteiger charge is 2.31. The van der Waals surface area contributed by atoms with Crippen molar-refractivity contribution in [2.45, 2.75) is 19.5 Å². The van der Waals surface area contributed by atoms with Crippen LogP contribution in [-0.2, 0) is 11.2 Å². The van der Waals surface area contributed by atoms with Gasteiger partial charge in [0, 0.05) is 17.6 Å². The number of aromatic nitrogens is 1. The highest BCUT2D eigenvalue weighted by molar-refractivity contribution is 7.73. The molecule has 0 unspecified atom stereocenters. The summed E-state index contributed by atoms with van der Waals surface area (Å²) < 4.78 is 36.7. The van der Waals surface area contributed by atoms with Gasteiger partial charge in [-0.05, 0) is 19.1 Å². The zero-order valence-electron chi connectivity index (χ0n) is 9.22. The Morgan fingerprint density at radius 2 is 2.12 bits per heavy atom. The quantitative estimate of drug-likeness (QED) is 0.866. The number of hydrogen-bond acceptors (Lipinski definition) is 3. The smallest absolute Gasteiger partial charge is 0.341 e. The fourth-order valence-electron chi connectivity index (χ4n) is 1.23. The molecule has 0 aromatic carbocycles. The van der Waals surface area contributed by atoms with Crippen molar-refractivity contribution in [1.29, 1.82) is 0 Å². The number of thiazole rings is 1. The second-order valence-electron chi connectivity index (χ2n) is 3.60. The number of aromatic amines is 1. The van der Waals surface area contributed by atoms with E-state index in [1.54, 1.807) is 6.92 Å². The van der Waals surface area contributed by atoms with Gasteiger partial charge in [-0.15, -0.1) is 11.3 Å². The molecule has 0 radical (unpaired) electrons. The summed E-state index contributed by atoms with van der Waals surface area (Å²) in [6.45, 7) is 0.499. The van der Waals surface area contributed by atoms with E-state index in [0.717, 1.165) is 12.7 Å². The lowest BCUT2D eigenvalue weighted by Crippen LogP contribution is -2.36. The first-order chi connectivity index (χ1) is 7.69. The van der Waals surface area contributed by atoms with Crippen LogP contribution in [0.25, 0.3) is 0 Å². The van der Waals surface area contributed by atoms with Gasteiger partial charge in [0.15, 0.2) is 3.95 Å². The summed E-state index contributed by atoms with van der Waals surface area (Å²) in [6.07, 6.45) is -4.43. The lowest BCUT2D eigenvalue weighted by atomic mass is 10.3. The minimum Gasteiger partial charge on any atom is -0.341 e. The van der Waals surface area contributed by atoms with Crippen molar-refractivity contribution in [1.82, 2.24) is 9.88 Å². The maximum absolute atomic E-state index is 12.1. The van der Waals surface area contributed by atoms with Crippen LogP contribution in [0.15, 0.2) is 0 Å². The Hall–Kier alpha value is -0.890. The molecule has 1 heterocycles. The van der Waals surface area contributed by atoms with E-state index < -0.39 is 18.6 Å². The zero-order valence-corrected chi connectivity index (χ0v) is 10.9. The summed E-state index contributed by atoms with van der Waals surface area (Å²) in [6, 6.07) is 0. The van der Waals surface area contributed by atoms with Crippen molar-refractivity contribution >= 4 is 29.5 Å². The molecule has 0 atom stereocenters. The van der Waals surface area contributed by atoms with E-state index in [0.29, 0.717) is 13.7 Å². The average molecular weight is 284 g/mol. The highest BCUT2D eigenvalue weighted by atomic mass is 32.1. The maximum Gasteiger partial charge on any atom is 0.406 e. The number of rotatable bonds is 3. The van der Waals surface area contributed by atoms with E-state index in [4.69, 9.17) is 12.2 Å². The highest BCUT2D eigenvalue weighted by Crippen LogP contribution is 2.18. The number of hydrogen-bond donors (Lipinski definition) is 1. The summed E-state index contributed by atoms with van der Waals surface area (Å²) in [7, 11) is 1.14. The molecule has 3 nitrogen and oxygen atoms in total. The molecule has 1 aromatic rings. The first-order valence-electron chi connectivity index (χ1n) is 4.68. The molecule has 0 spiro atoms. The summed E-state index contributed by atoms with van der Waals surface area (Å²) in [5.41, 5.74) is 0.730. The number of likely N-dealkylation sites (N-methyl/N-ethyl adjacent to an activating group) is 1. The standard InChI is InChI=1S/C9H11F3N2OS2/c1-5-6(17-8(16)13-5)3-7(15)14(2)4-9(10,11)12/h3-4H2,1-2H3,(H,13,16). The number of alkyl halides is 3. The van der Waals surface area contributed by atoms with Crippen LogP contribution in [0.5, 0.6) is 0 Å². The third-order valence-corrected chi connectivity index (χ3v) is 3.41. The van der Waals surface area contributed by atoms with Crippen molar-refractivity contribution in [2.24, 2.45) is 0 Å². The Morgan fingerprint density at radius 3 is 2.53 bits per heavy atom. The zero-order chi connectivity index (χ0) is 13.2. The molecule has 0 fully saturated rings. The predicted molar refractivity (Wildman–Crippen MR) is 61.6 cm³/mol. The Labute approximate surface area is 105 Å². The summed E-state index contributed by atoms with van der Waals surface area (Å²) >= 11 is 6.09. The summed E-state index contributed by atoms with van der Waals surface area (Å²) in [5.74, 6) is -0.573. The van der Waals surface area contributed by atoms with Crippen LogP contribution in [0, 0.1) is 10.9 Å². The number of carbonyl (C=O) groups is 1. The number of nitrogens with one attached hydrogen (secondary N) is 1. The molecule has 17 heavy (non-hydrogen) atoms.